The average Bonchev–Trinajstić information content (AvgIpc) is 2.61. The third-order valence-electron chi connectivity index (χ3n) is 4.10. The molecular formula is C19H19FN2O3. The minimum atomic E-state index is -0.339. The molecule has 0 radical (unpaired) electrons. The van der Waals surface area contributed by atoms with Crippen molar-refractivity contribution in [3.05, 3.63) is 59.9 Å². The molecule has 25 heavy (non-hydrogen) atoms. The molecule has 0 spiro atoms. The summed E-state index contributed by atoms with van der Waals surface area (Å²) in [6.45, 7) is 2.03. The van der Waals surface area contributed by atoms with Gasteiger partial charge in [-0.1, -0.05) is 24.3 Å². The number of nitrogens with one attached hydrogen (secondary N) is 1. The number of hydrogen-bond donors (Lipinski definition) is 1. The van der Waals surface area contributed by atoms with Crippen molar-refractivity contribution in [3.8, 4) is 5.75 Å². The van der Waals surface area contributed by atoms with Gasteiger partial charge in [0.2, 0.25) is 5.91 Å². The van der Waals surface area contributed by atoms with Gasteiger partial charge < -0.3 is 15.0 Å². The zero-order chi connectivity index (χ0) is 17.8. The molecule has 0 fully saturated rings. The molecule has 1 unspecified atom stereocenters. The molecule has 2 amide bonds. The number of amides is 2. The molecule has 5 nitrogen and oxygen atoms in total. The second kappa shape index (κ2) is 7.34. The Morgan fingerprint density at radius 1 is 1.28 bits per heavy atom. The van der Waals surface area contributed by atoms with Gasteiger partial charge in [0.25, 0.3) is 5.91 Å². The molecule has 130 valence electrons. The van der Waals surface area contributed by atoms with Crippen LogP contribution in [0.15, 0.2) is 48.5 Å². The van der Waals surface area contributed by atoms with Crippen LogP contribution in [0.2, 0.25) is 0 Å². The lowest BCUT2D eigenvalue weighted by Gasteiger charge is -2.29. The number of rotatable bonds is 5. The lowest BCUT2D eigenvalue weighted by atomic mass is 10.1. The Kier molecular flexibility index (Phi) is 4.97. The van der Waals surface area contributed by atoms with Crippen molar-refractivity contribution in [2.24, 2.45) is 0 Å². The maximum atomic E-state index is 13.3. The van der Waals surface area contributed by atoms with E-state index in [1.165, 1.54) is 12.1 Å². The topological polar surface area (TPSA) is 58.6 Å². The predicted octanol–water partition coefficient (Wildman–Crippen LogP) is 2.82. The molecule has 2 aromatic rings. The molecule has 0 saturated heterocycles. The van der Waals surface area contributed by atoms with E-state index in [1.807, 2.05) is 12.1 Å². The van der Waals surface area contributed by atoms with Gasteiger partial charge in [-0.15, -0.1) is 0 Å². The third kappa shape index (κ3) is 3.96. The van der Waals surface area contributed by atoms with Gasteiger partial charge in [0.15, 0.2) is 6.61 Å². The smallest absolute Gasteiger partial charge is 0.265 e. The molecule has 0 saturated carbocycles. The summed E-state index contributed by atoms with van der Waals surface area (Å²) in [6.07, 6.45) is 0.153. The number of hydrogen-bond acceptors (Lipinski definition) is 3. The number of fused-ring (bicyclic) bond motifs is 1. The molecule has 0 bridgehead atoms. The molecule has 1 atom stereocenters. The fourth-order valence-electron chi connectivity index (χ4n) is 2.79. The quantitative estimate of drug-likeness (QED) is 0.909. The molecule has 6 heteroatoms. The van der Waals surface area contributed by atoms with Gasteiger partial charge >= 0.3 is 0 Å². The highest BCUT2D eigenvalue weighted by atomic mass is 19.1. The second-order valence-corrected chi connectivity index (χ2v) is 5.90. The molecular weight excluding hydrogens is 323 g/mol. The highest BCUT2D eigenvalue weighted by Crippen LogP contribution is 2.31. The number of ether oxygens (including phenoxy) is 1. The maximum absolute atomic E-state index is 13.3. The van der Waals surface area contributed by atoms with Crippen molar-refractivity contribution in [2.75, 3.05) is 18.1 Å². The molecule has 0 aliphatic carbocycles. The van der Waals surface area contributed by atoms with Gasteiger partial charge in [-0.3, -0.25) is 9.59 Å². The first-order valence-electron chi connectivity index (χ1n) is 8.11. The minimum Gasteiger partial charge on any atom is -0.482 e. The van der Waals surface area contributed by atoms with E-state index < -0.39 is 0 Å². The Labute approximate surface area is 145 Å². The van der Waals surface area contributed by atoms with Gasteiger partial charge in [-0.05, 0) is 36.8 Å². The second-order valence-electron chi connectivity index (χ2n) is 5.90. The predicted molar refractivity (Wildman–Crippen MR) is 91.9 cm³/mol. The first-order valence-corrected chi connectivity index (χ1v) is 8.11. The van der Waals surface area contributed by atoms with E-state index in [1.54, 1.807) is 36.1 Å². The van der Waals surface area contributed by atoms with Crippen LogP contribution in [-0.4, -0.2) is 25.0 Å². The van der Waals surface area contributed by atoms with Crippen molar-refractivity contribution in [1.82, 2.24) is 5.32 Å². The number of benzene rings is 2. The number of anilines is 1. The highest BCUT2D eigenvalue weighted by molar-refractivity contribution is 5.98. The summed E-state index contributed by atoms with van der Waals surface area (Å²) in [4.78, 5) is 25.8. The molecule has 1 N–H and O–H groups in total. The average molecular weight is 342 g/mol. The van der Waals surface area contributed by atoms with Crippen LogP contribution in [0, 0.1) is 5.82 Å². The molecule has 0 aromatic heterocycles. The summed E-state index contributed by atoms with van der Waals surface area (Å²) in [6, 6.07) is 13.1. The monoisotopic (exact) mass is 342 g/mol. The number of nitrogens with zero attached hydrogens (tertiary/aromatic N) is 1. The number of halogens is 1. The summed E-state index contributed by atoms with van der Waals surface area (Å²) < 4.78 is 18.7. The normalized spacial score (nSPS) is 14.5. The maximum Gasteiger partial charge on any atom is 0.265 e. The van der Waals surface area contributed by atoms with E-state index in [0.717, 1.165) is 0 Å². The van der Waals surface area contributed by atoms with Crippen LogP contribution in [0.5, 0.6) is 5.75 Å². The molecule has 1 aliphatic heterocycles. The summed E-state index contributed by atoms with van der Waals surface area (Å²) in [5, 5.41) is 2.83. The Morgan fingerprint density at radius 3 is 2.88 bits per heavy atom. The fourth-order valence-corrected chi connectivity index (χ4v) is 2.79. The molecule has 2 aromatic carbocycles. The van der Waals surface area contributed by atoms with E-state index in [0.29, 0.717) is 17.0 Å². The molecule has 1 heterocycles. The standard InChI is InChI=1S/C19H19FN2O3/c1-13(14-5-4-6-15(20)11-14)21-18(23)9-10-22-16-7-2-3-8-17(16)25-12-19(22)24/h2-8,11,13H,9-10,12H2,1H3,(H,21,23). The van der Waals surface area contributed by atoms with Crippen molar-refractivity contribution < 1.29 is 18.7 Å². The van der Waals surface area contributed by atoms with Crippen molar-refractivity contribution in [2.45, 2.75) is 19.4 Å². The summed E-state index contributed by atoms with van der Waals surface area (Å²) in [5.41, 5.74) is 1.37. The van der Waals surface area contributed by atoms with Gasteiger partial charge in [0, 0.05) is 13.0 Å². The summed E-state index contributed by atoms with van der Waals surface area (Å²) >= 11 is 0. The first-order chi connectivity index (χ1) is 12.0. The zero-order valence-electron chi connectivity index (χ0n) is 13.9. The van der Waals surface area contributed by atoms with Crippen LogP contribution < -0.4 is 15.0 Å². The van der Waals surface area contributed by atoms with Crippen LogP contribution in [0.4, 0.5) is 10.1 Å². The number of para-hydroxylation sites is 2. The van der Waals surface area contributed by atoms with Crippen LogP contribution >= 0.6 is 0 Å². The van der Waals surface area contributed by atoms with E-state index >= 15 is 0 Å². The van der Waals surface area contributed by atoms with E-state index in [2.05, 4.69) is 5.32 Å². The van der Waals surface area contributed by atoms with Crippen LogP contribution in [0.1, 0.15) is 24.9 Å². The lowest BCUT2D eigenvalue weighted by molar-refractivity contribution is -0.122. The molecule has 3 rings (SSSR count). The lowest BCUT2D eigenvalue weighted by Crippen LogP contribution is -2.41. The van der Waals surface area contributed by atoms with Crippen LogP contribution in [0.25, 0.3) is 0 Å². The Balaban J connectivity index is 1.60. The van der Waals surface area contributed by atoms with Crippen molar-refractivity contribution in [3.63, 3.8) is 0 Å². The number of carbonyl (C=O) groups is 2. The van der Waals surface area contributed by atoms with Crippen LogP contribution in [-0.2, 0) is 9.59 Å². The summed E-state index contributed by atoms with van der Waals surface area (Å²) in [5.74, 6) is -0.0806. The SMILES string of the molecule is CC(NC(=O)CCN1C(=O)COc2ccccc21)c1cccc(F)c1. The van der Waals surface area contributed by atoms with Gasteiger partial charge in [0.1, 0.15) is 11.6 Å². The minimum absolute atomic E-state index is 0.0294. The van der Waals surface area contributed by atoms with Gasteiger partial charge in [-0.2, -0.15) is 0 Å². The van der Waals surface area contributed by atoms with Crippen molar-refractivity contribution in [1.29, 1.82) is 0 Å². The van der Waals surface area contributed by atoms with Crippen molar-refractivity contribution >= 4 is 17.5 Å². The molecule has 1 aliphatic rings. The van der Waals surface area contributed by atoms with Gasteiger partial charge in [-0.25, -0.2) is 4.39 Å². The Morgan fingerprint density at radius 2 is 2.08 bits per heavy atom. The Hall–Kier alpha value is -2.89. The van der Waals surface area contributed by atoms with Gasteiger partial charge in [0.05, 0.1) is 11.7 Å². The van der Waals surface area contributed by atoms with Crippen LogP contribution in [0.3, 0.4) is 0 Å². The summed E-state index contributed by atoms with van der Waals surface area (Å²) in [7, 11) is 0. The third-order valence-corrected chi connectivity index (χ3v) is 4.10. The van der Waals surface area contributed by atoms with E-state index in [-0.39, 0.29) is 43.2 Å². The largest absolute Gasteiger partial charge is 0.482 e. The van der Waals surface area contributed by atoms with E-state index in [9.17, 15) is 14.0 Å². The number of carbonyl (C=O) groups excluding carboxylic acids is 2. The van der Waals surface area contributed by atoms with E-state index in [4.69, 9.17) is 4.74 Å². The zero-order valence-corrected chi connectivity index (χ0v) is 13.9. The highest BCUT2D eigenvalue weighted by Gasteiger charge is 2.25. The Bertz CT molecular complexity index is 794. The first kappa shape index (κ1) is 17.0. The fraction of sp³-hybridized carbons (Fsp3) is 0.263.